The van der Waals surface area contributed by atoms with Gasteiger partial charge >= 0.3 is 0 Å². The molecular formula is C18H23F3N2O2. The van der Waals surface area contributed by atoms with E-state index in [-0.39, 0.29) is 23.4 Å². The molecule has 1 saturated carbocycles. The molecule has 1 aromatic rings. The fourth-order valence-electron chi connectivity index (χ4n) is 2.92. The molecule has 2 amide bonds. The van der Waals surface area contributed by atoms with Crippen molar-refractivity contribution >= 4 is 17.5 Å². The van der Waals surface area contributed by atoms with Crippen molar-refractivity contribution in [2.24, 2.45) is 17.8 Å². The number of carbonyl (C=O) groups is 2. The molecule has 1 aliphatic carbocycles. The summed E-state index contributed by atoms with van der Waals surface area (Å²) in [7, 11) is 0. The average molecular weight is 356 g/mol. The Labute approximate surface area is 145 Å². The van der Waals surface area contributed by atoms with Crippen LogP contribution in [0.5, 0.6) is 0 Å². The van der Waals surface area contributed by atoms with Gasteiger partial charge in [-0.1, -0.05) is 13.8 Å². The Morgan fingerprint density at radius 3 is 2.12 bits per heavy atom. The van der Waals surface area contributed by atoms with E-state index in [1.807, 2.05) is 13.8 Å². The van der Waals surface area contributed by atoms with Gasteiger partial charge in [0, 0.05) is 18.4 Å². The second-order valence-electron chi connectivity index (χ2n) is 6.90. The maximum Gasteiger partial charge on any atom is 0.227 e. The number of anilines is 1. The van der Waals surface area contributed by atoms with Gasteiger partial charge in [-0.3, -0.25) is 9.59 Å². The van der Waals surface area contributed by atoms with Gasteiger partial charge in [0.2, 0.25) is 11.8 Å². The maximum absolute atomic E-state index is 13.6. The van der Waals surface area contributed by atoms with Gasteiger partial charge in [0.1, 0.15) is 0 Å². The number of halogens is 3. The SMILES string of the molecule is CC(C)CNC(=O)C1CCC(C(=O)Nc2ccc(F)c(F)c2F)CC1. The molecule has 0 spiro atoms. The summed E-state index contributed by atoms with van der Waals surface area (Å²) in [6.07, 6.45) is 2.14. The smallest absolute Gasteiger partial charge is 0.227 e. The van der Waals surface area contributed by atoms with Crippen LogP contribution in [-0.4, -0.2) is 18.4 Å². The van der Waals surface area contributed by atoms with E-state index >= 15 is 0 Å². The van der Waals surface area contributed by atoms with Crippen LogP contribution < -0.4 is 10.6 Å². The highest BCUT2D eigenvalue weighted by molar-refractivity contribution is 5.93. The molecule has 0 unspecified atom stereocenters. The van der Waals surface area contributed by atoms with Gasteiger partial charge in [-0.15, -0.1) is 0 Å². The predicted molar refractivity (Wildman–Crippen MR) is 88.2 cm³/mol. The molecule has 0 saturated heterocycles. The van der Waals surface area contributed by atoms with E-state index in [0.717, 1.165) is 12.1 Å². The maximum atomic E-state index is 13.6. The lowest BCUT2D eigenvalue weighted by molar-refractivity contribution is -0.128. The second kappa shape index (κ2) is 8.36. The average Bonchev–Trinajstić information content (AvgIpc) is 2.60. The van der Waals surface area contributed by atoms with E-state index in [9.17, 15) is 22.8 Å². The number of nitrogens with one attached hydrogen (secondary N) is 2. The molecule has 2 rings (SSSR count). The van der Waals surface area contributed by atoms with Crippen LogP contribution in [0.1, 0.15) is 39.5 Å². The third kappa shape index (κ3) is 4.96. The zero-order chi connectivity index (χ0) is 18.6. The molecule has 7 heteroatoms. The van der Waals surface area contributed by atoms with E-state index in [1.165, 1.54) is 0 Å². The van der Waals surface area contributed by atoms with Gasteiger partial charge in [-0.05, 0) is 43.7 Å². The first kappa shape index (κ1) is 19.3. The van der Waals surface area contributed by atoms with Crippen molar-refractivity contribution in [2.45, 2.75) is 39.5 Å². The Kier molecular flexibility index (Phi) is 6.45. The summed E-state index contributed by atoms with van der Waals surface area (Å²) in [4.78, 5) is 24.3. The van der Waals surface area contributed by atoms with Crippen LogP contribution in [0.2, 0.25) is 0 Å². The summed E-state index contributed by atoms with van der Waals surface area (Å²) >= 11 is 0. The highest BCUT2D eigenvalue weighted by Crippen LogP contribution is 2.30. The molecular weight excluding hydrogens is 333 g/mol. The van der Waals surface area contributed by atoms with Gasteiger partial charge in [0.05, 0.1) is 5.69 Å². The minimum absolute atomic E-state index is 0.000733. The molecule has 0 radical (unpaired) electrons. The topological polar surface area (TPSA) is 58.2 Å². The van der Waals surface area contributed by atoms with Gasteiger partial charge in [0.15, 0.2) is 17.5 Å². The van der Waals surface area contributed by atoms with Crippen LogP contribution >= 0.6 is 0 Å². The van der Waals surface area contributed by atoms with Gasteiger partial charge in [-0.2, -0.15) is 0 Å². The highest BCUT2D eigenvalue weighted by atomic mass is 19.2. The Morgan fingerprint density at radius 2 is 1.56 bits per heavy atom. The largest absolute Gasteiger partial charge is 0.356 e. The Bertz CT molecular complexity index is 641. The third-order valence-electron chi connectivity index (χ3n) is 4.45. The van der Waals surface area contributed by atoms with Crippen LogP contribution in [0, 0.1) is 35.2 Å². The molecule has 4 nitrogen and oxygen atoms in total. The van der Waals surface area contributed by atoms with E-state index < -0.39 is 23.4 Å². The Hall–Kier alpha value is -2.05. The van der Waals surface area contributed by atoms with Crippen molar-refractivity contribution in [3.8, 4) is 0 Å². The molecule has 1 fully saturated rings. The quantitative estimate of drug-likeness (QED) is 0.792. The van der Waals surface area contributed by atoms with Crippen molar-refractivity contribution in [1.82, 2.24) is 5.32 Å². The lowest BCUT2D eigenvalue weighted by Crippen LogP contribution is -2.37. The molecule has 138 valence electrons. The van der Waals surface area contributed by atoms with Crippen LogP contribution in [0.3, 0.4) is 0 Å². The van der Waals surface area contributed by atoms with Crippen LogP contribution in [0.25, 0.3) is 0 Å². The lowest BCUT2D eigenvalue weighted by atomic mass is 9.81. The first-order valence-corrected chi connectivity index (χ1v) is 8.51. The Balaban J connectivity index is 1.87. The summed E-state index contributed by atoms with van der Waals surface area (Å²) in [6, 6.07) is 1.76. The molecule has 0 bridgehead atoms. The number of rotatable bonds is 5. The minimum Gasteiger partial charge on any atom is -0.356 e. The third-order valence-corrected chi connectivity index (χ3v) is 4.45. The molecule has 0 heterocycles. The van der Waals surface area contributed by atoms with Gasteiger partial charge in [-0.25, -0.2) is 13.2 Å². The zero-order valence-corrected chi connectivity index (χ0v) is 14.4. The number of hydrogen-bond donors (Lipinski definition) is 2. The molecule has 25 heavy (non-hydrogen) atoms. The number of hydrogen-bond acceptors (Lipinski definition) is 2. The van der Waals surface area contributed by atoms with Crippen molar-refractivity contribution < 1.29 is 22.8 Å². The predicted octanol–water partition coefficient (Wildman–Crippen LogP) is 3.62. The number of benzene rings is 1. The van der Waals surface area contributed by atoms with Crippen molar-refractivity contribution in [2.75, 3.05) is 11.9 Å². The summed E-state index contributed by atoms with van der Waals surface area (Å²) in [5.74, 6) is -4.88. The van der Waals surface area contributed by atoms with Crippen molar-refractivity contribution in [3.05, 3.63) is 29.6 Å². The summed E-state index contributed by atoms with van der Waals surface area (Å²) in [5, 5.41) is 5.20. The second-order valence-corrected chi connectivity index (χ2v) is 6.90. The molecule has 1 aliphatic rings. The Morgan fingerprint density at radius 1 is 1.00 bits per heavy atom. The summed E-state index contributed by atoms with van der Waals surface area (Å²) in [6.45, 7) is 4.65. The molecule has 0 atom stereocenters. The summed E-state index contributed by atoms with van der Waals surface area (Å²) in [5.41, 5.74) is -0.374. The number of amides is 2. The molecule has 0 aliphatic heterocycles. The first-order valence-electron chi connectivity index (χ1n) is 8.51. The lowest BCUT2D eigenvalue weighted by Gasteiger charge is -2.27. The first-order chi connectivity index (χ1) is 11.8. The zero-order valence-electron chi connectivity index (χ0n) is 14.4. The fourth-order valence-corrected chi connectivity index (χ4v) is 2.92. The molecule has 1 aromatic carbocycles. The molecule has 0 aromatic heterocycles. The molecule has 2 N–H and O–H groups in total. The monoisotopic (exact) mass is 356 g/mol. The van der Waals surface area contributed by atoms with Crippen LogP contribution in [0.15, 0.2) is 12.1 Å². The van der Waals surface area contributed by atoms with Crippen LogP contribution in [0.4, 0.5) is 18.9 Å². The minimum atomic E-state index is -1.61. The number of carbonyl (C=O) groups excluding carboxylic acids is 2. The van der Waals surface area contributed by atoms with E-state index in [2.05, 4.69) is 10.6 Å². The standard InChI is InChI=1S/C18H23F3N2O2/c1-10(2)9-22-17(24)11-3-5-12(6-4-11)18(25)23-14-8-7-13(19)15(20)16(14)21/h7-8,10-12H,3-6,9H2,1-2H3,(H,22,24)(H,23,25). The van der Waals surface area contributed by atoms with Gasteiger partial charge in [0.25, 0.3) is 0 Å². The van der Waals surface area contributed by atoms with Crippen LogP contribution in [-0.2, 0) is 9.59 Å². The van der Waals surface area contributed by atoms with E-state index in [1.54, 1.807) is 0 Å². The van der Waals surface area contributed by atoms with E-state index in [0.29, 0.717) is 38.1 Å². The van der Waals surface area contributed by atoms with Gasteiger partial charge < -0.3 is 10.6 Å². The van der Waals surface area contributed by atoms with Crippen molar-refractivity contribution in [1.29, 1.82) is 0 Å². The van der Waals surface area contributed by atoms with Crippen molar-refractivity contribution in [3.63, 3.8) is 0 Å². The fraction of sp³-hybridized carbons (Fsp3) is 0.556. The highest BCUT2D eigenvalue weighted by Gasteiger charge is 2.30. The normalized spacial score (nSPS) is 20.4. The summed E-state index contributed by atoms with van der Waals surface area (Å²) < 4.78 is 39.8. The van der Waals surface area contributed by atoms with E-state index in [4.69, 9.17) is 0 Å².